The molecule has 0 atom stereocenters. The molecule has 0 unspecified atom stereocenters. The highest BCUT2D eigenvalue weighted by molar-refractivity contribution is 6.05. The molecule has 0 amide bonds. The number of halogens is 1. The van der Waals surface area contributed by atoms with E-state index in [0.29, 0.717) is 24.8 Å². The van der Waals surface area contributed by atoms with Crippen LogP contribution in [0.4, 0.5) is 16.2 Å². The number of piperazine rings is 2. The van der Waals surface area contributed by atoms with E-state index in [1.807, 2.05) is 30.5 Å². The van der Waals surface area contributed by atoms with Crippen LogP contribution in [-0.4, -0.2) is 108 Å². The zero-order valence-corrected chi connectivity index (χ0v) is 30.5. The smallest absolute Gasteiger partial charge is 0.225 e. The Morgan fingerprint density at radius 1 is 0.692 bits per heavy atom. The molecule has 4 heterocycles. The Bertz CT molecular complexity index is 1550. The number of benzene rings is 1. The summed E-state index contributed by atoms with van der Waals surface area (Å²) in [7, 11) is 0. The summed E-state index contributed by atoms with van der Waals surface area (Å²) in [5, 5.41) is 0. The zero-order chi connectivity index (χ0) is 36.2. The molecule has 1 spiro atoms. The molecule has 52 heavy (non-hydrogen) atoms. The van der Waals surface area contributed by atoms with Gasteiger partial charge in [0.15, 0.2) is 5.78 Å². The number of unbranched alkanes of at least 4 members (excludes halogenated alkanes) is 1. The standard InChI is InChI=1S/C22H32N4O2.C19H22FN3O/c27-19-16-22(7-2-3-8-22)17-20(28)18(19)6-1-4-11-25-12-14-26(15-13-25)21-23-9-5-10-24-21;20-17-8-6-16(7-9-17)18(24)4-3-11-22-12-14-23(15-13-22)19-5-1-2-10-21-19/h5,9-10,18H,1-4,6-8,11-17H2;1-2,5-10H,3-4,11-15H2. The van der Waals surface area contributed by atoms with Crippen LogP contribution in [0.1, 0.15) is 81.0 Å². The number of carbonyl (C=O) groups excluding carboxylic acids is 3. The Hall–Kier alpha value is -4.09. The van der Waals surface area contributed by atoms with E-state index in [1.54, 1.807) is 24.5 Å². The quantitative estimate of drug-likeness (QED) is 0.129. The number of hydrogen-bond donors (Lipinski definition) is 0. The van der Waals surface area contributed by atoms with Crippen molar-refractivity contribution in [1.82, 2.24) is 24.8 Å². The van der Waals surface area contributed by atoms with Gasteiger partial charge in [-0.05, 0) is 93.1 Å². The summed E-state index contributed by atoms with van der Waals surface area (Å²) in [6, 6.07) is 13.6. The van der Waals surface area contributed by atoms with E-state index < -0.39 is 0 Å². The molecule has 4 fully saturated rings. The second kappa shape index (κ2) is 18.6. The van der Waals surface area contributed by atoms with Crippen LogP contribution >= 0.6 is 0 Å². The third-order valence-corrected chi connectivity index (χ3v) is 11.4. The minimum absolute atomic E-state index is 0.0484. The lowest BCUT2D eigenvalue weighted by molar-refractivity contribution is -0.140. The molecule has 0 N–H and O–H groups in total. The summed E-state index contributed by atoms with van der Waals surface area (Å²) in [4.78, 5) is 59.7. The topological polar surface area (TPSA) is 103 Å². The fourth-order valence-corrected chi connectivity index (χ4v) is 8.32. The molecule has 4 aliphatic rings. The summed E-state index contributed by atoms with van der Waals surface area (Å²) in [6.07, 6.45) is 15.4. The summed E-state index contributed by atoms with van der Waals surface area (Å²) >= 11 is 0. The third-order valence-electron chi connectivity index (χ3n) is 11.4. The number of ketones is 3. The number of hydrogen-bond acceptors (Lipinski definition) is 10. The lowest BCUT2D eigenvalue weighted by atomic mass is 9.67. The lowest BCUT2D eigenvalue weighted by Crippen LogP contribution is -2.47. The first-order valence-electron chi connectivity index (χ1n) is 19.3. The molecule has 1 aromatic carbocycles. The van der Waals surface area contributed by atoms with Gasteiger partial charge in [-0.1, -0.05) is 25.3 Å². The first kappa shape index (κ1) is 37.7. The van der Waals surface area contributed by atoms with Crippen molar-refractivity contribution in [3.63, 3.8) is 0 Å². The maximum atomic E-state index is 12.9. The molecule has 2 aliphatic carbocycles. The van der Waals surface area contributed by atoms with E-state index in [2.05, 4.69) is 34.6 Å². The van der Waals surface area contributed by atoms with Crippen LogP contribution in [0.15, 0.2) is 67.1 Å². The maximum Gasteiger partial charge on any atom is 0.225 e. The molecule has 3 aromatic rings. The van der Waals surface area contributed by atoms with Crippen LogP contribution in [0.25, 0.3) is 0 Å². The van der Waals surface area contributed by atoms with E-state index in [0.717, 1.165) is 116 Å². The average molecular weight is 712 g/mol. The first-order valence-corrected chi connectivity index (χ1v) is 19.3. The van der Waals surface area contributed by atoms with Crippen LogP contribution in [0.3, 0.4) is 0 Å². The molecule has 10 nitrogen and oxygen atoms in total. The summed E-state index contributed by atoms with van der Waals surface area (Å²) in [5.74, 6) is 1.78. The summed E-state index contributed by atoms with van der Waals surface area (Å²) in [6.45, 7) is 9.79. The van der Waals surface area contributed by atoms with E-state index in [9.17, 15) is 18.8 Å². The Kier molecular flexibility index (Phi) is 13.5. The van der Waals surface area contributed by atoms with Crippen LogP contribution < -0.4 is 9.80 Å². The van der Waals surface area contributed by atoms with Crippen molar-refractivity contribution in [2.24, 2.45) is 11.3 Å². The molecule has 2 aromatic heterocycles. The van der Waals surface area contributed by atoms with Crippen LogP contribution in [0, 0.1) is 17.2 Å². The monoisotopic (exact) mass is 711 g/mol. The van der Waals surface area contributed by atoms with Crippen molar-refractivity contribution in [2.75, 3.05) is 75.2 Å². The summed E-state index contributed by atoms with van der Waals surface area (Å²) < 4.78 is 12.9. The normalized spacial score (nSPS) is 19.9. The van der Waals surface area contributed by atoms with Gasteiger partial charge in [-0.15, -0.1) is 0 Å². The molecule has 2 saturated carbocycles. The van der Waals surface area contributed by atoms with Crippen molar-refractivity contribution in [2.45, 2.75) is 70.6 Å². The van der Waals surface area contributed by atoms with E-state index in [-0.39, 0.29) is 34.5 Å². The van der Waals surface area contributed by atoms with Crippen LogP contribution in [0.2, 0.25) is 0 Å². The maximum absolute atomic E-state index is 12.9. The third kappa shape index (κ3) is 10.5. The highest BCUT2D eigenvalue weighted by Crippen LogP contribution is 2.48. The highest BCUT2D eigenvalue weighted by atomic mass is 19.1. The number of Topliss-reactive ketones (excluding diaryl/α,β-unsaturated/α-hetero) is 3. The number of nitrogens with zero attached hydrogens (tertiary/aromatic N) is 7. The predicted molar refractivity (Wildman–Crippen MR) is 201 cm³/mol. The van der Waals surface area contributed by atoms with Crippen molar-refractivity contribution in [3.8, 4) is 0 Å². The average Bonchev–Trinajstić information content (AvgIpc) is 3.62. The Balaban J connectivity index is 0.000000181. The van der Waals surface area contributed by atoms with Gasteiger partial charge in [-0.3, -0.25) is 24.2 Å². The number of aromatic nitrogens is 3. The van der Waals surface area contributed by atoms with Gasteiger partial charge in [0.2, 0.25) is 5.95 Å². The molecule has 7 rings (SSSR count). The lowest BCUT2D eigenvalue weighted by Gasteiger charge is -2.35. The number of anilines is 2. The number of carbonyl (C=O) groups is 3. The van der Waals surface area contributed by atoms with Crippen LogP contribution in [0.5, 0.6) is 0 Å². The van der Waals surface area contributed by atoms with Crippen LogP contribution in [-0.2, 0) is 9.59 Å². The first-order chi connectivity index (χ1) is 25.4. The van der Waals surface area contributed by atoms with Gasteiger partial charge < -0.3 is 9.80 Å². The molecule has 278 valence electrons. The Morgan fingerprint density at radius 2 is 1.29 bits per heavy atom. The number of rotatable bonds is 12. The van der Waals surface area contributed by atoms with Crippen molar-refractivity contribution >= 4 is 29.1 Å². The fraction of sp³-hybridized carbons (Fsp3) is 0.561. The second-order valence-corrected chi connectivity index (χ2v) is 15.0. The van der Waals surface area contributed by atoms with Gasteiger partial charge in [0.25, 0.3) is 0 Å². The SMILES string of the molecule is O=C(CCCN1CCN(c2ccccn2)CC1)c1ccc(F)cc1.O=C1CC2(CCCC2)CC(=O)C1CCCCN1CCN(c2ncccn2)CC1. The molecular weight excluding hydrogens is 657 g/mol. The summed E-state index contributed by atoms with van der Waals surface area (Å²) in [5.41, 5.74) is 0.642. The Labute approximate surface area is 307 Å². The van der Waals surface area contributed by atoms with Crippen molar-refractivity contribution < 1.29 is 18.8 Å². The minimum Gasteiger partial charge on any atom is -0.354 e. The van der Waals surface area contributed by atoms with Gasteiger partial charge in [0.1, 0.15) is 23.2 Å². The molecule has 2 saturated heterocycles. The highest BCUT2D eigenvalue weighted by Gasteiger charge is 2.45. The van der Waals surface area contributed by atoms with Gasteiger partial charge in [0.05, 0.1) is 5.92 Å². The Morgan fingerprint density at radius 3 is 1.90 bits per heavy atom. The molecule has 11 heteroatoms. The molecule has 0 bridgehead atoms. The van der Waals surface area contributed by atoms with E-state index >= 15 is 0 Å². The fourth-order valence-electron chi connectivity index (χ4n) is 8.32. The predicted octanol–water partition coefficient (Wildman–Crippen LogP) is 5.88. The molecule has 0 radical (unpaired) electrons. The minimum atomic E-state index is -0.308. The molecular formula is C41H54FN7O3. The van der Waals surface area contributed by atoms with Gasteiger partial charge in [-0.2, -0.15) is 0 Å². The van der Waals surface area contributed by atoms with E-state index in [1.165, 1.54) is 25.0 Å². The van der Waals surface area contributed by atoms with Gasteiger partial charge in [-0.25, -0.2) is 19.3 Å². The number of pyridine rings is 1. The second-order valence-electron chi connectivity index (χ2n) is 15.0. The largest absolute Gasteiger partial charge is 0.354 e. The van der Waals surface area contributed by atoms with E-state index in [4.69, 9.17) is 0 Å². The molecule has 2 aliphatic heterocycles. The van der Waals surface area contributed by atoms with Gasteiger partial charge >= 0.3 is 0 Å². The zero-order valence-electron chi connectivity index (χ0n) is 30.5. The van der Waals surface area contributed by atoms with Gasteiger partial charge in [0, 0.05) is 95.8 Å². The van der Waals surface area contributed by atoms with Crippen molar-refractivity contribution in [1.29, 1.82) is 0 Å². The van der Waals surface area contributed by atoms with Crippen molar-refractivity contribution in [3.05, 3.63) is 78.5 Å².